The molecule has 5 rings (SSSR count). The predicted octanol–water partition coefficient (Wildman–Crippen LogP) is 3.65. The second-order valence-electron chi connectivity index (χ2n) is 9.74. The number of hydrogen-bond donors (Lipinski definition) is 2. The Bertz CT molecular complexity index is 1190. The number of aromatic nitrogens is 2. The van der Waals surface area contributed by atoms with Crippen molar-refractivity contribution in [3.63, 3.8) is 0 Å². The van der Waals surface area contributed by atoms with E-state index in [0.717, 1.165) is 47.3 Å². The minimum Gasteiger partial charge on any atom is -0.362 e. The first-order valence-electron chi connectivity index (χ1n) is 12.3. The Morgan fingerprint density at radius 3 is 2.60 bits per heavy atom. The van der Waals surface area contributed by atoms with Gasteiger partial charge in [-0.3, -0.25) is 9.59 Å². The van der Waals surface area contributed by atoms with E-state index in [2.05, 4.69) is 10.6 Å². The van der Waals surface area contributed by atoms with Crippen LogP contribution in [0.5, 0.6) is 0 Å². The lowest BCUT2D eigenvalue weighted by Gasteiger charge is -2.30. The van der Waals surface area contributed by atoms with E-state index in [1.54, 1.807) is 11.3 Å². The third-order valence-electron chi connectivity index (χ3n) is 6.93. The molecular formula is C26H32N6O2S. The average Bonchev–Trinajstić information content (AvgIpc) is 3.50. The van der Waals surface area contributed by atoms with Crippen molar-refractivity contribution < 1.29 is 9.59 Å². The molecule has 0 radical (unpaired) electrons. The number of amides is 2. The number of benzene rings is 1. The van der Waals surface area contributed by atoms with Crippen LogP contribution >= 0.6 is 11.3 Å². The second-order valence-corrected chi connectivity index (χ2v) is 10.8. The summed E-state index contributed by atoms with van der Waals surface area (Å²) in [4.78, 5) is 39.7. The minimum absolute atomic E-state index is 0.0110. The summed E-state index contributed by atoms with van der Waals surface area (Å²) in [5.74, 6) is 1.37. The summed E-state index contributed by atoms with van der Waals surface area (Å²) < 4.78 is 0. The monoisotopic (exact) mass is 492 g/mol. The number of nitrogens with zero attached hydrogens (tertiary/aromatic N) is 4. The molecule has 0 bridgehead atoms. The van der Waals surface area contributed by atoms with Gasteiger partial charge in [-0.05, 0) is 49.3 Å². The smallest absolute Gasteiger partial charge is 0.225 e. The number of thiophene rings is 1. The van der Waals surface area contributed by atoms with Crippen LogP contribution in [0.25, 0.3) is 10.9 Å². The van der Waals surface area contributed by atoms with Gasteiger partial charge in [0.15, 0.2) is 0 Å². The lowest BCUT2D eigenvalue weighted by molar-refractivity contribution is -0.129. The predicted molar refractivity (Wildman–Crippen MR) is 140 cm³/mol. The highest BCUT2D eigenvalue weighted by molar-refractivity contribution is 7.09. The maximum Gasteiger partial charge on any atom is 0.225 e. The van der Waals surface area contributed by atoms with Crippen LogP contribution in [0.2, 0.25) is 0 Å². The Morgan fingerprint density at radius 1 is 1.09 bits per heavy atom. The maximum atomic E-state index is 12.9. The molecule has 1 saturated carbocycles. The van der Waals surface area contributed by atoms with Crippen molar-refractivity contribution >= 4 is 45.8 Å². The van der Waals surface area contributed by atoms with E-state index >= 15 is 0 Å². The van der Waals surface area contributed by atoms with Gasteiger partial charge in [0.05, 0.1) is 18.0 Å². The average molecular weight is 493 g/mol. The molecule has 2 aliphatic rings. The minimum atomic E-state index is -0.256. The van der Waals surface area contributed by atoms with Crippen molar-refractivity contribution in [2.75, 3.05) is 30.9 Å². The molecule has 1 unspecified atom stereocenters. The summed E-state index contributed by atoms with van der Waals surface area (Å²) in [7, 11) is 3.98. The van der Waals surface area contributed by atoms with Crippen LogP contribution in [0.3, 0.4) is 0 Å². The molecular weight excluding hydrogens is 460 g/mol. The SMILES string of the molecule is CN(C)c1nc(N[C@H]2CC[C@@H](NC(=O)C3CC(=O)N(Cc4cccs4)C3)CC2)nc2ccccc12. The van der Waals surface area contributed by atoms with Gasteiger partial charge >= 0.3 is 0 Å². The third kappa shape index (κ3) is 5.40. The fourth-order valence-electron chi connectivity index (χ4n) is 5.04. The standard InChI is InChI=1S/C26H32N6O2S/c1-31(2)24-21-7-3-4-8-22(21)29-26(30-24)28-19-11-9-18(10-12-19)27-25(34)17-14-23(33)32(15-17)16-20-6-5-13-35-20/h3-8,13,17-19H,9-12,14-16H2,1-2H3,(H,27,34)(H,28,29,30)/t17?,18-,19+. The summed E-state index contributed by atoms with van der Waals surface area (Å²) in [5, 5.41) is 9.78. The molecule has 9 heteroatoms. The number of carbonyl (C=O) groups excluding carboxylic acids is 2. The summed E-state index contributed by atoms with van der Waals surface area (Å²) in [6.07, 6.45) is 3.98. The van der Waals surface area contributed by atoms with Gasteiger partial charge in [-0.25, -0.2) is 4.98 Å². The Balaban J connectivity index is 1.13. The van der Waals surface area contributed by atoms with E-state index in [4.69, 9.17) is 9.97 Å². The van der Waals surface area contributed by atoms with E-state index in [0.29, 0.717) is 25.5 Å². The van der Waals surface area contributed by atoms with E-state index in [9.17, 15) is 9.59 Å². The Morgan fingerprint density at radius 2 is 1.86 bits per heavy atom. The van der Waals surface area contributed by atoms with Crippen LogP contribution in [0.15, 0.2) is 41.8 Å². The van der Waals surface area contributed by atoms with Crippen molar-refractivity contribution in [2.24, 2.45) is 5.92 Å². The van der Waals surface area contributed by atoms with E-state index in [-0.39, 0.29) is 29.8 Å². The molecule has 184 valence electrons. The number of para-hydroxylation sites is 1. The van der Waals surface area contributed by atoms with Crippen molar-refractivity contribution in [2.45, 2.75) is 50.7 Å². The summed E-state index contributed by atoms with van der Waals surface area (Å²) in [6, 6.07) is 12.5. The molecule has 3 aromatic rings. The number of likely N-dealkylation sites (tertiary alicyclic amines) is 1. The highest BCUT2D eigenvalue weighted by atomic mass is 32.1. The van der Waals surface area contributed by atoms with Crippen molar-refractivity contribution in [1.82, 2.24) is 20.2 Å². The molecule has 2 aromatic heterocycles. The fourth-order valence-corrected chi connectivity index (χ4v) is 5.76. The van der Waals surface area contributed by atoms with E-state index < -0.39 is 0 Å². The molecule has 1 saturated heterocycles. The number of nitrogens with one attached hydrogen (secondary N) is 2. The zero-order chi connectivity index (χ0) is 24.4. The molecule has 0 spiro atoms. The number of carbonyl (C=O) groups is 2. The summed E-state index contributed by atoms with van der Waals surface area (Å²) in [5.41, 5.74) is 0.925. The molecule has 2 fully saturated rings. The summed E-state index contributed by atoms with van der Waals surface area (Å²) in [6.45, 7) is 1.11. The first-order chi connectivity index (χ1) is 17.0. The van der Waals surface area contributed by atoms with E-state index in [1.807, 2.05) is 65.7 Å². The fraction of sp³-hybridized carbons (Fsp3) is 0.462. The summed E-state index contributed by atoms with van der Waals surface area (Å²) >= 11 is 1.64. The van der Waals surface area contributed by atoms with Gasteiger partial charge in [0.2, 0.25) is 17.8 Å². The van der Waals surface area contributed by atoms with Crippen LogP contribution in [-0.2, 0) is 16.1 Å². The van der Waals surface area contributed by atoms with Gasteiger partial charge in [-0.1, -0.05) is 18.2 Å². The number of hydrogen-bond acceptors (Lipinski definition) is 7. The van der Waals surface area contributed by atoms with Gasteiger partial charge in [0, 0.05) is 49.4 Å². The van der Waals surface area contributed by atoms with Gasteiger partial charge < -0.3 is 20.4 Å². The van der Waals surface area contributed by atoms with E-state index in [1.165, 1.54) is 0 Å². The molecule has 8 nitrogen and oxygen atoms in total. The zero-order valence-electron chi connectivity index (χ0n) is 20.2. The van der Waals surface area contributed by atoms with Gasteiger partial charge in [0.1, 0.15) is 5.82 Å². The van der Waals surface area contributed by atoms with Gasteiger partial charge in [0.25, 0.3) is 0 Å². The normalized spacial score (nSPS) is 22.4. The molecule has 1 aromatic carbocycles. The first-order valence-corrected chi connectivity index (χ1v) is 13.2. The van der Waals surface area contributed by atoms with Crippen LogP contribution < -0.4 is 15.5 Å². The maximum absolute atomic E-state index is 12.9. The zero-order valence-corrected chi connectivity index (χ0v) is 21.1. The largest absolute Gasteiger partial charge is 0.362 e. The van der Waals surface area contributed by atoms with Gasteiger partial charge in [-0.15, -0.1) is 11.3 Å². The van der Waals surface area contributed by atoms with Crippen LogP contribution in [-0.4, -0.2) is 59.4 Å². The Labute approximate surface area is 209 Å². The van der Waals surface area contributed by atoms with Crippen LogP contribution in [0.4, 0.5) is 11.8 Å². The van der Waals surface area contributed by atoms with Crippen molar-refractivity contribution in [1.29, 1.82) is 0 Å². The third-order valence-corrected chi connectivity index (χ3v) is 7.79. The lowest BCUT2D eigenvalue weighted by Crippen LogP contribution is -2.43. The molecule has 1 aliphatic carbocycles. The van der Waals surface area contributed by atoms with Crippen molar-refractivity contribution in [3.8, 4) is 0 Å². The second kappa shape index (κ2) is 10.2. The molecule has 35 heavy (non-hydrogen) atoms. The van der Waals surface area contributed by atoms with Crippen LogP contribution in [0, 0.1) is 5.92 Å². The molecule has 1 aliphatic heterocycles. The number of rotatable bonds is 7. The molecule has 2 N–H and O–H groups in total. The first kappa shape index (κ1) is 23.5. The Hall–Kier alpha value is -3.20. The quantitative estimate of drug-likeness (QED) is 0.523. The highest BCUT2D eigenvalue weighted by Gasteiger charge is 2.35. The number of fused-ring (bicyclic) bond motifs is 1. The highest BCUT2D eigenvalue weighted by Crippen LogP contribution is 2.27. The van der Waals surface area contributed by atoms with Crippen molar-refractivity contribution in [3.05, 3.63) is 46.7 Å². The topological polar surface area (TPSA) is 90.5 Å². The van der Waals surface area contributed by atoms with Gasteiger partial charge in [-0.2, -0.15) is 4.98 Å². The number of anilines is 2. The molecule has 3 heterocycles. The Kier molecular flexibility index (Phi) is 6.86. The van der Waals surface area contributed by atoms with Crippen LogP contribution in [0.1, 0.15) is 37.0 Å². The molecule has 1 atom stereocenters. The lowest BCUT2D eigenvalue weighted by atomic mass is 9.90. The molecule has 2 amide bonds.